The lowest BCUT2D eigenvalue weighted by atomic mass is 9.79. The van der Waals surface area contributed by atoms with Crippen molar-refractivity contribution >= 4 is 22.6 Å². The zero-order valence-electron chi connectivity index (χ0n) is 13.6. The summed E-state index contributed by atoms with van der Waals surface area (Å²) in [5, 5.41) is 17.9. The normalized spacial score (nSPS) is 21.4. The van der Waals surface area contributed by atoms with Crippen LogP contribution in [0.4, 0.5) is 0 Å². The third-order valence-electron chi connectivity index (χ3n) is 4.18. The Hall–Kier alpha value is -0.965. The van der Waals surface area contributed by atoms with Gasteiger partial charge in [0.1, 0.15) is 6.23 Å². The number of aliphatic hydroxyl groups excluding tert-OH is 2. The highest BCUT2D eigenvalue weighted by Crippen LogP contribution is 2.36. The molecule has 0 amide bonds. The van der Waals surface area contributed by atoms with Crippen molar-refractivity contribution in [1.82, 2.24) is 4.72 Å². The van der Waals surface area contributed by atoms with Crippen LogP contribution in [0, 0.1) is 0 Å². The maximum absolute atomic E-state index is 12.0. The number of aliphatic hydroxyl groups is 2. The maximum atomic E-state index is 12.0. The van der Waals surface area contributed by atoms with Gasteiger partial charge in [-0.25, -0.2) is 8.42 Å². The van der Waals surface area contributed by atoms with E-state index in [9.17, 15) is 13.5 Å². The summed E-state index contributed by atoms with van der Waals surface area (Å²) in [6, 6.07) is 5.99. The Labute approximate surface area is 136 Å². The Morgan fingerprint density at radius 3 is 2.04 bits per heavy atom. The summed E-state index contributed by atoms with van der Waals surface area (Å²) >= 11 is 0. The van der Waals surface area contributed by atoms with E-state index in [1.165, 1.54) is 12.1 Å². The van der Waals surface area contributed by atoms with Crippen molar-refractivity contribution in [3.8, 4) is 0 Å². The number of hydrogen-bond acceptors (Lipinski definition) is 6. The van der Waals surface area contributed by atoms with E-state index in [-0.39, 0.29) is 4.90 Å². The summed E-state index contributed by atoms with van der Waals surface area (Å²) in [7, 11) is -4.48. The van der Waals surface area contributed by atoms with Crippen LogP contribution in [0.2, 0.25) is 0 Å². The lowest BCUT2D eigenvalue weighted by molar-refractivity contribution is 0.00578. The zero-order valence-corrected chi connectivity index (χ0v) is 14.4. The standard InChI is InChI=1S/C14H22BNO6S/c1-13(2)14(3,4)22-15(21-13)10-5-7-11(8-6-10)23(19,20)16-12(18)9-17/h5-8,12,16-18H,9H2,1-4H3. The van der Waals surface area contributed by atoms with Crippen molar-refractivity contribution in [2.24, 2.45) is 0 Å². The molecule has 0 aromatic heterocycles. The van der Waals surface area contributed by atoms with E-state index < -0.39 is 41.2 Å². The highest BCUT2D eigenvalue weighted by molar-refractivity contribution is 7.89. The monoisotopic (exact) mass is 343 g/mol. The lowest BCUT2D eigenvalue weighted by Gasteiger charge is -2.32. The van der Waals surface area contributed by atoms with E-state index in [1.54, 1.807) is 12.1 Å². The van der Waals surface area contributed by atoms with Gasteiger partial charge in [-0.05, 0) is 45.3 Å². The van der Waals surface area contributed by atoms with Gasteiger partial charge in [0.05, 0.1) is 22.7 Å². The van der Waals surface area contributed by atoms with Gasteiger partial charge in [0.15, 0.2) is 0 Å². The van der Waals surface area contributed by atoms with Crippen LogP contribution in [0.25, 0.3) is 0 Å². The minimum absolute atomic E-state index is 0.0229. The van der Waals surface area contributed by atoms with Crippen molar-refractivity contribution < 1.29 is 27.9 Å². The van der Waals surface area contributed by atoms with Gasteiger partial charge in [0, 0.05) is 0 Å². The molecular weight excluding hydrogens is 321 g/mol. The zero-order chi connectivity index (χ0) is 17.5. The Kier molecular flexibility index (Phi) is 4.92. The predicted octanol–water partition coefficient (Wildman–Crippen LogP) is -0.425. The quantitative estimate of drug-likeness (QED) is 0.495. The van der Waals surface area contributed by atoms with Crippen molar-refractivity contribution in [1.29, 1.82) is 0 Å². The fraction of sp³-hybridized carbons (Fsp3) is 0.571. The molecule has 1 fully saturated rings. The van der Waals surface area contributed by atoms with E-state index >= 15 is 0 Å². The Morgan fingerprint density at radius 2 is 1.61 bits per heavy atom. The number of benzene rings is 1. The summed E-state index contributed by atoms with van der Waals surface area (Å²) in [4.78, 5) is -0.0229. The summed E-state index contributed by atoms with van der Waals surface area (Å²) < 4.78 is 37.7. The van der Waals surface area contributed by atoms with Crippen LogP contribution >= 0.6 is 0 Å². The van der Waals surface area contributed by atoms with Crippen molar-refractivity contribution in [3.63, 3.8) is 0 Å². The molecule has 0 spiro atoms. The highest BCUT2D eigenvalue weighted by Gasteiger charge is 2.51. The molecule has 0 radical (unpaired) electrons. The lowest BCUT2D eigenvalue weighted by Crippen LogP contribution is -2.41. The first kappa shape index (κ1) is 18.4. The van der Waals surface area contributed by atoms with Crippen molar-refractivity contribution in [2.75, 3.05) is 6.61 Å². The maximum Gasteiger partial charge on any atom is 0.494 e. The minimum Gasteiger partial charge on any atom is -0.399 e. The first-order valence-corrected chi connectivity index (χ1v) is 8.74. The van der Waals surface area contributed by atoms with Crippen LogP contribution in [0.5, 0.6) is 0 Å². The molecule has 23 heavy (non-hydrogen) atoms. The van der Waals surface area contributed by atoms with Crippen LogP contribution in [-0.4, -0.2) is 49.8 Å². The molecule has 1 aliphatic rings. The molecule has 1 heterocycles. The average Bonchev–Trinajstić information content (AvgIpc) is 2.67. The number of nitrogens with one attached hydrogen (secondary N) is 1. The van der Waals surface area contributed by atoms with Crippen LogP contribution < -0.4 is 10.2 Å². The first-order valence-electron chi connectivity index (χ1n) is 7.25. The molecule has 1 atom stereocenters. The summed E-state index contributed by atoms with van der Waals surface area (Å²) in [6.07, 6.45) is -1.54. The number of rotatable bonds is 5. The molecular formula is C14H22BNO6S. The number of hydrogen-bond donors (Lipinski definition) is 3. The fourth-order valence-corrected chi connectivity index (χ4v) is 3.13. The second kappa shape index (κ2) is 6.16. The molecule has 1 aromatic carbocycles. The highest BCUT2D eigenvalue weighted by atomic mass is 32.2. The van der Waals surface area contributed by atoms with Gasteiger partial charge in [-0.2, -0.15) is 4.72 Å². The van der Waals surface area contributed by atoms with E-state index in [2.05, 4.69) is 0 Å². The molecule has 0 aliphatic carbocycles. The Morgan fingerprint density at radius 1 is 1.13 bits per heavy atom. The van der Waals surface area contributed by atoms with Gasteiger partial charge in [0.2, 0.25) is 10.0 Å². The third-order valence-corrected chi connectivity index (χ3v) is 5.66. The van der Waals surface area contributed by atoms with Crippen molar-refractivity contribution in [2.45, 2.75) is 50.0 Å². The summed E-state index contributed by atoms with van der Waals surface area (Å²) in [6.45, 7) is 7.04. The van der Waals surface area contributed by atoms with Crippen LogP contribution in [0.1, 0.15) is 27.7 Å². The van der Waals surface area contributed by atoms with Crippen LogP contribution in [-0.2, 0) is 19.3 Å². The molecule has 3 N–H and O–H groups in total. The molecule has 9 heteroatoms. The summed E-state index contributed by atoms with van der Waals surface area (Å²) in [5.74, 6) is 0. The van der Waals surface area contributed by atoms with E-state index in [0.717, 1.165) is 0 Å². The largest absolute Gasteiger partial charge is 0.494 e. The van der Waals surface area contributed by atoms with Gasteiger partial charge >= 0.3 is 7.12 Å². The number of sulfonamides is 1. The smallest absolute Gasteiger partial charge is 0.399 e. The SMILES string of the molecule is CC1(C)OB(c2ccc(S(=O)(=O)NC(O)CO)cc2)OC1(C)C. The average molecular weight is 343 g/mol. The van der Waals surface area contributed by atoms with Gasteiger partial charge in [0.25, 0.3) is 0 Å². The summed E-state index contributed by atoms with van der Waals surface area (Å²) in [5.41, 5.74) is -0.255. The molecule has 0 saturated carbocycles. The van der Waals surface area contributed by atoms with Crippen LogP contribution in [0.15, 0.2) is 29.2 Å². The Balaban J connectivity index is 2.18. The van der Waals surface area contributed by atoms with E-state index in [1.807, 2.05) is 32.4 Å². The van der Waals surface area contributed by atoms with Gasteiger partial charge in [-0.3, -0.25) is 0 Å². The molecule has 1 unspecified atom stereocenters. The minimum atomic E-state index is -3.90. The molecule has 1 aromatic rings. The Bertz CT molecular complexity index is 642. The molecule has 2 rings (SSSR count). The van der Waals surface area contributed by atoms with Crippen molar-refractivity contribution in [3.05, 3.63) is 24.3 Å². The molecule has 1 saturated heterocycles. The van der Waals surface area contributed by atoms with E-state index in [4.69, 9.17) is 14.4 Å². The fourth-order valence-electron chi connectivity index (χ4n) is 2.07. The topological polar surface area (TPSA) is 105 Å². The second-order valence-corrected chi connectivity index (χ2v) is 8.19. The van der Waals surface area contributed by atoms with Gasteiger partial charge < -0.3 is 19.5 Å². The van der Waals surface area contributed by atoms with Gasteiger partial charge in [-0.1, -0.05) is 12.1 Å². The third kappa shape index (κ3) is 3.76. The predicted molar refractivity (Wildman–Crippen MR) is 85.6 cm³/mol. The second-order valence-electron chi connectivity index (χ2n) is 6.48. The molecule has 0 bridgehead atoms. The van der Waals surface area contributed by atoms with Crippen LogP contribution in [0.3, 0.4) is 0 Å². The molecule has 128 valence electrons. The van der Waals surface area contributed by atoms with Gasteiger partial charge in [-0.15, -0.1) is 0 Å². The first-order chi connectivity index (χ1) is 10.5. The molecule has 1 aliphatic heterocycles. The van der Waals surface area contributed by atoms with E-state index in [0.29, 0.717) is 5.46 Å². The molecule has 7 nitrogen and oxygen atoms in total.